The maximum atomic E-state index is 12.2. The maximum Gasteiger partial charge on any atom is 0.434 e. The molecule has 0 unspecified atom stereocenters. The number of sulfone groups is 1. The van der Waals surface area contributed by atoms with Crippen molar-refractivity contribution in [2.75, 3.05) is 5.75 Å². The lowest BCUT2D eigenvalue weighted by Gasteiger charge is -2.05. The van der Waals surface area contributed by atoms with Crippen molar-refractivity contribution in [3.8, 4) is 0 Å². The lowest BCUT2D eigenvalue weighted by molar-refractivity contribution is -0.143. The molecular weight excluding hydrogens is 221 g/mol. The van der Waals surface area contributed by atoms with Crippen LogP contribution in [0.1, 0.15) is 12.6 Å². The van der Waals surface area contributed by atoms with E-state index in [0.29, 0.717) is 6.20 Å². The summed E-state index contributed by atoms with van der Waals surface area (Å²) in [6, 6.07) is 0. The van der Waals surface area contributed by atoms with Gasteiger partial charge in [-0.05, 0) is 0 Å². The average Bonchev–Trinajstić information content (AvgIpc) is 2.51. The molecule has 0 fully saturated rings. The number of halogens is 3. The van der Waals surface area contributed by atoms with Crippen LogP contribution in [-0.4, -0.2) is 24.4 Å². The van der Waals surface area contributed by atoms with Crippen molar-refractivity contribution >= 4 is 9.84 Å². The second-order valence-corrected chi connectivity index (χ2v) is 4.76. The molecule has 0 aliphatic carbocycles. The van der Waals surface area contributed by atoms with Gasteiger partial charge in [0.2, 0.25) is 0 Å². The fourth-order valence-electron chi connectivity index (χ4n) is 0.869. The third-order valence-electron chi connectivity index (χ3n) is 1.60. The summed E-state index contributed by atoms with van der Waals surface area (Å²) in [5.41, 5.74) is -1.32. The molecule has 1 heterocycles. The van der Waals surface area contributed by atoms with Gasteiger partial charge in [-0.15, -0.1) is 0 Å². The number of aromatic nitrogens is 2. The normalized spacial score (nSPS) is 13.1. The van der Waals surface area contributed by atoms with Gasteiger partial charge in [0.25, 0.3) is 0 Å². The quantitative estimate of drug-likeness (QED) is 0.827. The van der Waals surface area contributed by atoms with Gasteiger partial charge < -0.3 is 0 Å². The van der Waals surface area contributed by atoms with E-state index in [1.807, 2.05) is 0 Å². The molecule has 1 aromatic heterocycles. The molecule has 1 aromatic rings. The summed E-state index contributed by atoms with van der Waals surface area (Å²) < 4.78 is 59.0. The molecule has 0 bridgehead atoms. The number of alkyl halides is 3. The minimum Gasteiger partial charge on any atom is -0.272 e. The van der Waals surface area contributed by atoms with Crippen LogP contribution in [0, 0.1) is 0 Å². The highest BCUT2D eigenvalue weighted by Gasteiger charge is 2.38. The Balaban J connectivity index is 3.33. The molecule has 0 saturated carbocycles. The Bertz CT molecular complexity index is 421. The largest absolute Gasteiger partial charge is 0.434 e. The summed E-state index contributed by atoms with van der Waals surface area (Å²) in [6.45, 7) is 1.27. The zero-order valence-electron chi connectivity index (χ0n) is 7.09. The molecule has 8 heteroatoms. The third kappa shape index (κ3) is 1.89. The van der Waals surface area contributed by atoms with Crippen LogP contribution in [0.4, 0.5) is 13.2 Å². The number of nitrogens with zero attached hydrogens (tertiary/aromatic N) is 1. The van der Waals surface area contributed by atoms with E-state index in [4.69, 9.17) is 0 Å². The molecule has 0 aliphatic heterocycles. The standard InChI is InChI=1S/C6H7F3N2O2S/c1-2-14(12,13)4-3-10-11-5(4)6(7,8)9/h3H,2H2,1H3,(H,10,11). The Hall–Kier alpha value is -1.05. The van der Waals surface area contributed by atoms with Crippen LogP contribution in [0.15, 0.2) is 11.1 Å². The van der Waals surface area contributed by atoms with Gasteiger partial charge in [-0.1, -0.05) is 6.92 Å². The highest BCUT2D eigenvalue weighted by molar-refractivity contribution is 7.91. The third-order valence-corrected chi connectivity index (χ3v) is 3.34. The first kappa shape index (κ1) is 11.0. The summed E-state index contributed by atoms with van der Waals surface area (Å²) in [5.74, 6) is -0.393. The van der Waals surface area contributed by atoms with E-state index in [-0.39, 0.29) is 0 Å². The summed E-state index contributed by atoms with van der Waals surface area (Å²) in [6.07, 6.45) is -4.06. The Labute approximate surface area is 78.0 Å². The molecule has 1 N–H and O–H groups in total. The van der Waals surface area contributed by atoms with Gasteiger partial charge >= 0.3 is 6.18 Å². The van der Waals surface area contributed by atoms with Gasteiger partial charge in [0, 0.05) is 0 Å². The molecule has 0 radical (unpaired) electrons. The second kappa shape index (κ2) is 3.26. The minimum atomic E-state index is -4.73. The molecule has 14 heavy (non-hydrogen) atoms. The second-order valence-electron chi connectivity index (χ2n) is 2.51. The van der Waals surface area contributed by atoms with Crippen LogP contribution in [0.3, 0.4) is 0 Å². The zero-order chi connectivity index (χ0) is 11.0. The summed E-state index contributed by atoms with van der Waals surface area (Å²) in [5, 5.41) is 4.71. The fraction of sp³-hybridized carbons (Fsp3) is 0.500. The number of rotatable bonds is 2. The van der Waals surface area contributed by atoms with Crippen molar-refractivity contribution in [1.82, 2.24) is 10.2 Å². The van der Waals surface area contributed by atoms with E-state index < -0.39 is 32.4 Å². The predicted octanol–water partition coefficient (Wildman–Crippen LogP) is 1.22. The average molecular weight is 228 g/mol. The SMILES string of the molecule is CCS(=O)(=O)c1cn[nH]c1C(F)(F)F. The van der Waals surface area contributed by atoms with E-state index in [1.54, 1.807) is 5.10 Å². The predicted molar refractivity (Wildman–Crippen MR) is 41.3 cm³/mol. The molecule has 80 valence electrons. The van der Waals surface area contributed by atoms with E-state index in [0.717, 1.165) is 0 Å². The number of H-pyrrole nitrogens is 1. The van der Waals surface area contributed by atoms with Crippen LogP contribution in [0.2, 0.25) is 0 Å². The minimum absolute atomic E-state index is 0.393. The number of aromatic amines is 1. The first-order chi connectivity index (χ1) is 6.29. The molecular formula is C6H7F3N2O2S. The molecule has 0 aromatic carbocycles. The van der Waals surface area contributed by atoms with E-state index in [1.165, 1.54) is 6.92 Å². The Morgan fingerprint density at radius 3 is 2.50 bits per heavy atom. The number of nitrogens with one attached hydrogen (secondary N) is 1. The number of hydrogen-bond acceptors (Lipinski definition) is 3. The van der Waals surface area contributed by atoms with Crippen molar-refractivity contribution in [2.45, 2.75) is 18.0 Å². The highest BCUT2D eigenvalue weighted by atomic mass is 32.2. The van der Waals surface area contributed by atoms with Crippen LogP contribution in [0.25, 0.3) is 0 Å². The smallest absolute Gasteiger partial charge is 0.272 e. The van der Waals surface area contributed by atoms with E-state index in [2.05, 4.69) is 5.10 Å². The molecule has 4 nitrogen and oxygen atoms in total. The van der Waals surface area contributed by atoms with Crippen molar-refractivity contribution in [1.29, 1.82) is 0 Å². The van der Waals surface area contributed by atoms with Crippen molar-refractivity contribution in [2.24, 2.45) is 0 Å². The van der Waals surface area contributed by atoms with Gasteiger partial charge in [0.15, 0.2) is 15.5 Å². The van der Waals surface area contributed by atoms with Crippen LogP contribution in [0.5, 0.6) is 0 Å². The first-order valence-electron chi connectivity index (χ1n) is 3.62. The van der Waals surface area contributed by atoms with Gasteiger partial charge in [-0.2, -0.15) is 18.3 Å². The van der Waals surface area contributed by atoms with Crippen molar-refractivity contribution < 1.29 is 21.6 Å². The summed E-state index contributed by atoms with van der Waals surface area (Å²) in [7, 11) is -3.88. The molecule has 0 saturated heterocycles. The first-order valence-corrected chi connectivity index (χ1v) is 5.27. The number of hydrogen-bond donors (Lipinski definition) is 1. The van der Waals surface area contributed by atoms with Gasteiger partial charge in [0.05, 0.1) is 11.9 Å². The monoisotopic (exact) mass is 228 g/mol. The molecule has 0 spiro atoms. The lowest BCUT2D eigenvalue weighted by atomic mass is 10.4. The van der Waals surface area contributed by atoms with Gasteiger partial charge in [-0.3, -0.25) is 5.10 Å². The Kier molecular flexibility index (Phi) is 2.57. The van der Waals surface area contributed by atoms with E-state index >= 15 is 0 Å². The topological polar surface area (TPSA) is 62.8 Å². The molecule has 0 amide bonds. The Morgan fingerprint density at radius 2 is 2.07 bits per heavy atom. The Morgan fingerprint density at radius 1 is 1.50 bits per heavy atom. The maximum absolute atomic E-state index is 12.2. The van der Waals surface area contributed by atoms with Crippen LogP contribution >= 0.6 is 0 Å². The molecule has 0 aliphatic rings. The highest BCUT2D eigenvalue weighted by Crippen LogP contribution is 2.32. The molecule has 1 rings (SSSR count). The van der Waals surface area contributed by atoms with E-state index in [9.17, 15) is 21.6 Å². The molecule has 0 atom stereocenters. The van der Waals surface area contributed by atoms with Gasteiger partial charge in [0.1, 0.15) is 4.90 Å². The van der Waals surface area contributed by atoms with Crippen LogP contribution < -0.4 is 0 Å². The zero-order valence-corrected chi connectivity index (χ0v) is 7.91. The van der Waals surface area contributed by atoms with Gasteiger partial charge in [-0.25, -0.2) is 8.42 Å². The summed E-state index contributed by atoms with van der Waals surface area (Å²) in [4.78, 5) is -0.799. The summed E-state index contributed by atoms with van der Waals surface area (Å²) >= 11 is 0. The lowest BCUT2D eigenvalue weighted by Crippen LogP contribution is -2.13. The van der Waals surface area contributed by atoms with Crippen molar-refractivity contribution in [3.05, 3.63) is 11.9 Å². The fourth-order valence-corrected chi connectivity index (χ4v) is 1.87. The van der Waals surface area contributed by atoms with Crippen molar-refractivity contribution in [3.63, 3.8) is 0 Å². The van der Waals surface area contributed by atoms with Crippen LogP contribution in [-0.2, 0) is 16.0 Å².